The molecule has 2 heterocycles. The number of nitrogens with zero attached hydrogens (tertiary/aromatic N) is 4. The fourth-order valence-corrected chi connectivity index (χ4v) is 2.63. The van der Waals surface area contributed by atoms with Crippen molar-refractivity contribution in [3.8, 4) is 0 Å². The van der Waals surface area contributed by atoms with Gasteiger partial charge in [0.15, 0.2) is 0 Å². The van der Waals surface area contributed by atoms with Crippen molar-refractivity contribution < 1.29 is 0 Å². The molecule has 1 unspecified atom stereocenters. The first-order chi connectivity index (χ1) is 9.54. The largest absolute Gasteiger partial charge is 0.304 e. The van der Waals surface area contributed by atoms with Crippen LogP contribution in [0.25, 0.3) is 0 Å². The van der Waals surface area contributed by atoms with Gasteiger partial charge in [0.2, 0.25) is 0 Å². The van der Waals surface area contributed by atoms with Gasteiger partial charge in [0.1, 0.15) is 0 Å². The summed E-state index contributed by atoms with van der Waals surface area (Å²) in [5, 5.41) is 7.91. The molecule has 1 N–H and O–H groups in total. The number of rotatable bonds is 5. The van der Waals surface area contributed by atoms with Gasteiger partial charge in [-0.05, 0) is 43.2 Å². The zero-order valence-corrected chi connectivity index (χ0v) is 13.8. The van der Waals surface area contributed by atoms with Gasteiger partial charge in [-0.1, -0.05) is 6.92 Å². The molecule has 0 spiro atoms. The van der Waals surface area contributed by atoms with Gasteiger partial charge in [-0.25, -0.2) is 0 Å². The minimum Gasteiger partial charge on any atom is -0.304 e. The van der Waals surface area contributed by atoms with E-state index >= 15 is 0 Å². The molecule has 6 heteroatoms. The molecule has 0 aromatic carbocycles. The summed E-state index contributed by atoms with van der Waals surface area (Å²) >= 11 is 3.60. The van der Waals surface area contributed by atoms with Crippen molar-refractivity contribution in [2.45, 2.75) is 39.8 Å². The van der Waals surface area contributed by atoms with Crippen LogP contribution in [0.5, 0.6) is 0 Å². The number of halogens is 1. The third-order valence-corrected chi connectivity index (χ3v) is 3.67. The van der Waals surface area contributed by atoms with Crippen molar-refractivity contribution in [1.82, 2.24) is 25.1 Å². The molecule has 0 amide bonds. The second-order valence-electron chi connectivity index (χ2n) is 4.99. The highest BCUT2D eigenvalue weighted by Crippen LogP contribution is 2.29. The van der Waals surface area contributed by atoms with E-state index in [1.165, 1.54) is 0 Å². The quantitative estimate of drug-likeness (QED) is 0.911. The lowest BCUT2D eigenvalue weighted by Crippen LogP contribution is -2.27. The van der Waals surface area contributed by atoms with Crippen molar-refractivity contribution in [2.75, 3.05) is 6.54 Å². The Labute approximate surface area is 128 Å². The number of aromatic nitrogens is 4. The molecule has 0 aliphatic rings. The van der Waals surface area contributed by atoms with Crippen LogP contribution in [0.15, 0.2) is 23.1 Å². The Kier molecular flexibility index (Phi) is 4.88. The van der Waals surface area contributed by atoms with Gasteiger partial charge >= 0.3 is 0 Å². The molecule has 0 saturated heterocycles. The average Bonchev–Trinajstić information content (AvgIpc) is 2.79. The van der Waals surface area contributed by atoms with Gasteiger partial charge in [0, 0.05) is 12.2 Å². The second-order valence-corrected chi connectivity index (χ2v) is 5.84. The van der Waals surface area contributed by atoms with Crippen LogP contribution >= 0.6 is 15.9 Å². The van der Waals surface area contributed by atoms with Crippen LogP contribution in [0.1, 0.15) is 49.9 Å². The van der Waals surface area contributed by atoms with Gasteiger partial charge in [0.05, 0.1) is 40.0 Å². The van der Waals surface area contributed by atoms with E-state index < -0.39 is 0 Å². The zero-order valence-electron chi connectivity index (χ0n) is 12.3. The van der Waals surface area contributed by atoms with Crippen molar-refractivity contribution in [2.24, 2.45) is 0 Å². The third-order valence-electron chi connectivity index (χ3n) is 3.05. The highest BCUT2D eigenvalue weighted by molar-refractivity contribution is 9.10. The molecule has 0 aliphatic heterocycles. The van der Waals surface area contributed by atoms with Crippen LogP contribution < -0.4 is 5.32 Å². The van der Waals surface area contributed by atoms with Crippen LogP contribution in [0, 0.1) is 6.92 Å². The molecular weight excluding hydrogens is 318 g/mol. The summed E-state index contributed by atoms with van der Waals surface area (Å²) in [6.45, 7) is 9.10. The summed E-state index contributed by atoms with van der Waals surface area (Å²) in [7, 11) is 0. The Morgan fingerprint density at radius 2 is 2.00 bits per heavy atom. The molecule has 0 aliphatic carbocycles. The maximum atomic E-state index is 4.51. The number of hydrogen-bond acceptors (Lipinski definition) is 4. The van der Waals surface area contributed by atoms with Crippen molar-refractivity contribution in [1.29, 1.82) is 0 Å². The maximum Gasteiger partial charge on any atom is 0.0949 e. The fraction of sp³-hybridized carbons (Fsp3) is 0.500. The SMILES string of the molecule is CCNC(c1cnc(C)cn1)c1c(Br)cnn1C(C)C. The molecule has 108 valence electrons. The van der Waals surface area contributed by atoms with Crippen LogP contribution in [0.4, 0.5) is 0 Å². The van der Waals surface area contributed by atoms with Gasteiger partial charge in [-0.3, -0.25) is 14.6 Å². The first kappa shape index (κ1) is 15.1. The van der Waals surface area contributed by atoms with E-state index in [4.69, 9.17) is 0 Å². The summed E-state index contributed by atoms with van der Waals surface area (Å²) in [5.74, 6) is 0. The summed E-state index contributed by atoms with van der Waals surface area (Å²) in [6.07, 6.45) is 5.46. The van der Waals surface area contributed by atoms with Gasteiger partial charge < -0.3 is 5.32 Å². The highest BCUT2D eigenvalue weighted by Gasteiger charge is 2.23. The average molecular weight is 338 g/mol. The molecule has 5 nitrogen and oxygen atoms in total. The van der Waals surface area contributed by atoms with Crippen LogP contribution in [-0.4, -0.2) is 26.3 Å². The van der Waals surface area contributed by atoms with E-state index in [0.29, 0.717) is 0 Å². The molecule has 0 fully saturated rings. The van der Waals surface area contributed by atoms with E-state index in [1.807, 2.05) is 24.0 Å². The topological polar surface area (TPSA) is 55.6 Å². The van der Waals surface area contributed by atoms with Crippen molar-refractivity contribution in [3.05, 3.63) is 40.1 Å². The molecule has 20 heavy (non-hydrogen) atoms. The normalized spacial score (nSPS) is 12.9. The minimum absolute atomic E-state index is 0.0209. The highest BCUT2D eigenvalue weighted by atomic mass is 79.9. The Morgan fingerprint density at radius 1 is 1.25 bits per heavy atom. The lowest BCUT2D eigenvalue weighted by atomic mass is 10.1. The van der Waals surface area contributed by atoms with E-state index in [1.54, 1.807) is 6.20 Å². The first-order valence-corrected chi connectivity index (χ1v) is 7.58. The number of aryl methyl sites for hydroxylation is 1. The first-order valence-electron chi connectivity index (χ1n) is 6.79. The monoisotopic (exact) mass is 337 g/mol. The van der Waals surface area contributed by atoms with E-state index in [9.17, 15) is 0 Å². The number of nitrogens with one attached hydrogen (secondary N) is 1. The predicted molar refractivity (Wildman–Crippen MR) is 82.6 cm³/mol. The minimum atomic E-state index is -0.0209. The molecule has 2 aromatic heterocycles. The molecular formula is C14H20BrN5. The van der Waals surface area contributed by atoms with Crippen LogP contribution in [-0.2, 0) is 0 Å². The second kappa shape index (κ2) is 6.45. The standard InChI is InChI=1S/C14H20BrN5/c1-5-16-13(12-8-17-10(4)6-18-12)14-11(15)7-19-20(14)9(2)3/h6-9,13,16H,5H2,1-4H3. The lowest BCUT2D eigenvalue weighted by Gasteiger charge is -2.21. The van der Waals surface area contributed by atoms with Crippen LogP contribution in [0.2, 0.25) is 0 Å². The molecule has 2 rings (SSSR count). The van der Waals surface area contributed by atoms with E-state index in [2.05, 4.69) is 57.1 Å². The van der Waals surface area contributed by atoms with Gasteiger partial charge in [-0.15, -0.1) is 0 Å². The summed E-state index contributed by atoms with van der Waals surface area (Å²) in [4.78, 5) is 8.86. The zero-order chi connectivity index (χ0) is 14.7. The summed E-state index contributed by atoms with van der Waals surface area (Å²) < 4.78 is 3.00. The molecule has 2 aromatic rings. The van der Waals surface area contributed by atoms with Gasteiger partial charge in [-0.2, -0.15) is 5.10 Å². The van der Waals surface area contributed by atoms with Crippen LogP contribution in [0.3, 0.4) is 0 Å². The van der Waals surface area contributed by atoms with E-state index in [-0.39, 0.29) is 12.1 Å². The summed E-state index contributed by atoms with van der Waals surface area (Å²) in [6, 6.07) is 0.267. The molecule has 0 saturated carbocycles. The van der Waals surface area contributed by atoms with Crippen molar-refractivity contribution >= 4 is 15.9 Å². The molecule has 1 atom stereocenters. The van der Waals surface area contributed by atoms with E-state index in [0.717, 1.165) is 28.1 Å². The molecule has 0 bridgehead atoms. The molecule has 0 radical (unpaired) electrons. The Bertz CT molecular complexity index is 561. The fourth-order valence-electron chi connectivity index (χ4n) is 2.13. The van der Waals surface area contributed by atoms with Crippen molar-refractivity contribution in [3.63, 3.8) is 0 Å². The smallest absolute Gasteiger partial charge is 0.0949 e. The maximum absolute atomic E-state index is 4.51. The Morgan fingerprint density at radius 3 is 2.55 bits per heavy atom. The third kappa shape index (κ3) is 3.07. The Hall–Kier alpha value is -1.27. The number of hydrogen-bond donors (Lipinski definition) is 1. The van der Waals surface area contributed by atoms with Gasteiger partial charge in [0.25, 0.3) is 0 Å². The Balaban J connectivity index is 2.48. The predicted octanol–water partition coefficient (Wildman–Crippen LogP) is 3.02. The lowest BCUT2D eigenvalue weighted by molar-refractivity contribution is 0.471. The summed E-state index contributed by atoms with van der Waals surface area (Å²) in [5.41, 5.74) is 2.90.